The highest BCUT2D eigenvalue weighted by Crippen LogP contribution is 2.30. The lowest BCUT2D eigenvalue weighted by Crippen LogP contribution is -1.97. The van der Waals surface area contributed by atoms with E-state index in [0.29, 0.717) is 22.2 Å². The second kappa shape index (κ2) is 9.74. The molecule has 34 heavy (non-hydrogen) atoms. The Balaban J connectivity index is 1.55. The summed E-state index contributed by atoms with van der Waals surface area (Å²) in [6.07, 6.45) is 6.18. The van der Waals surface area contributed by atoms with Crippen LogP contribution in [0.4, 0.5) is 11.4 Å². The molecule has 0 aliphatic heterocycles. The van der Waals surface area contributed by atoms with Crippen molar-refractivity contribution in [2.75, 3.05) is 0 Å². The summed E-state index contributed by atoms with van der Waals surface area (Å²) in [7, 11) is 1.79. The Kier molecular flexibility index (Phi) is 6.58. The Labute approximate surface area is 197 Å². The molecule has 174 valence electrons. The molecule has 4 rings (SSSR count). The van der Waals surface area contributed by atoms with Crippen molar-refractivity contribution in [2.24, 2.45) is 7.05 Å². The Morgan fingerprint density at radius 3 is 2.35 bits per heavy atom. The molecule has 4 aromatic rings. The number of rotatable bonds is 9. The van der Waals surface area contributed by atoms with E-state index >= 15 is 0 Å². The summed E-state index contributed by atoms with van der Waals surface area (Å²) in [5.41, 5.74) is 2.00. The van der Waals surface area contributed by atoms with Crippen LogP contribution in [0.1, 0.15) is 18.9 Å². The monoisotopic (exact) mass is 481 g/mol. The fourth-order valence-corrected chi connectivity index (χ4v) is 4.10. The second-order valence-electron chi connectivity index (χ2n) is 7.35. The number of nitro groups is 2. The molecule has 3 aromatic heterocycles. The van der Waals surface area contributed by atoms with Gasteiger partial charge in [0.15, 0.2) is 11.0 Å². The van der Waals surface area contributed by atoms with E-state index in [4.69, 9.17) is 0 Å². The van der Waals surface area contributed by atoms with Gasteiger partial charge in [-0.15, -0.1) is 15.3 Å². The summed E-state index contributed by atoms with van der Waals surface area (Å²) in [5.74, 6) is 0.815. The van der Waals surface area contributed by atoms with Gasteiger partial charge in [-0.3, -0.25) is 29.9 Å². The van der Waals surface area contributed by atoms with Gasteiger partial charge in [0.2, 0.25) is 0 Å². The molecule has 0 aliphatic rings. The molecule has 0 bridgehead atoms. The molecule has 0 amide bonds. The molecule has 0 saturated heterocycles. The van der Waals surface area contributed by atoms with Crippen molar-refractivity contribution >= 4 is 23.1 Å². The molecule has 0 fully saturated rings. The predicted octanol–water partition coefficient (Wildman–Crippen LogP) is 3.65. The van der Waals surface area contributed by atoms with Gasteiger partial charge in [-0.05, 0) is 18.1 Å². The first-order valence-electron chi connectivity index (χ1n) is 10.2. The zero-order valence-corrected chi connectivity index (χ0v) is 19.0. The first-order chi connectivity index (χ1) is 16.4. The largest absolute Gasteiger partial charge is 0.305 e. The molecule has 0 spiro atoms. The van der Waals surface area contributed by atoms with Crippen LogP contribution in [0.2, 0.25) is 0 Å². The molecule has 0 aliphatic carbocycles. The number of non-ortho nitro benzene ring substituents is 2. The minimum absolute atomic E-state index is 0.243. The van der Waals surface area contributed by atoms with Crippen LogP contribution in [0.5, 0.6) is 0 Å². The Morgan fingerprint density at radius 1 is 0.971 bits per heavy atom. The zero-order chi connectivity index (χ0) is 24.2. The maximum absolute atomic E-state index is 11.1. The van der Waals surface area contributed by atoms with E-state index < -0.39 is 9.85 Å². The summed E-state index contributed by atoms with van der Waals surface area (Å²) < 4.78 is 3.54. The highest BCUT2D eigenvalue weighted by atomic mass is 32.2. The Morgan fingerprint density at radius 2 is 1.68 bits per heavy atom. The molecule has 3 heterocycles. The quantitative estimate of drug-likeness (QED) is 0.196. The maximum Gasteiger partial charge on any atom is 0.276 e. The molecule has 1 aromatic carbocycles. The summed E-state index contributed by atoms with van der Waals surface area (Å²) in [6, 6.07) is 5.47. The van der Waals surface area contributed by atoms with Crippen molar-refractivity contribution in [2.45, 2.75) is 30.8 Å². The van der Waals surface area contributed by atoms with Gasteiger partial charge in [0.1, 0.15) is 5.69 Å². The van der Waals surface area contributed by atoms with Crippen molar-refractivity contribution < 1.29 is 9.85 Å². The molecule has 0 unspecified atom stereocenters. The number of benzene rings is 1. The second-order valence-corrected chi connectivity index (χ2v) is 8.30. The topological polar surface area (TPSA) is 161 Å². The van der Waals surface area contributed by atoms with Gasteiger partial charge in [-0.25, -0.2) is 0 Å². The van der Waals surface area contributed by atoms with Crippen molar-refractivity contribution in [3.63, 3.8) is 0 Å². The van der Waals surface area contributed by atoms with E-state index in [-0.39, 0.29) is 17.1 Å². The number of nitro benzene ring substituents is 2. The summed E-state index contributed by atoms with van der Waals surface area (Å²) in [4.78, 5) is 25.2. The van der Waals surface area contributed by atoms with E-state index in [0.717, 1.165) is 30.2 Å². The Hall–Kier alpha value is -4.20. The van der Waals surface area contributed by atoms with Crippen LogP contribution in [0.15, 0.2) is 48.0 Å². The molecule has 0 N–H and O–H groups in total. The summed E-state index contributed by atoms with van der Waals surface area (Å²) >= 11 is 1.26. The third kappa shape index (κ3) is 4.91. The lowest BCUT2D eigenvalue weighted by molar-refractivity contribution is -0.394. The summed E-state index contributed by atoms with van der Waals surface area (Å²) in [6.45, 7) is 2.84. The fourth-order valence-electron chi connectivity index (χ4n) is 3.26. The molecule has 0 saturated carbocycles. The van der Waals surface area contributed by atoms with Crippen molar-refractivity contribution in [3.05, 3.63) is 68.6 Å². The van der Waals surface area contributed by atoms with Gasteiger partial charge < -0.3 is 4.57 Å². The highest BCUT2D eigenvalue weighted by molar-refractivity contribution is 7.98. The average Bonchev–Trinajstić information content (AvgIpc) is 3.44. The van der Waals surface area contributed by atoms with E-state index in [2.05, 4.69) is 32.4 Å². The number of thioether (sulfide) groups is 1. The van der Waals surface area contributed by atoms with Crippen LogP contribution in [0, 0.1) is 20.2 Å². The van der Waals surface area contributed by atoms with Crippen LogP contribution in [0.25, 0.3) is 22.6 Å². The minimum Gasteiger partial charge on any atom is -0.305 e. The van der Waals surface area contributed by atoms with Crippen molar-refractivity contribution in [1.82, 2.24) is 34.7 Å². The number of hydrogen-bond acceptors (Lipinski definition) is 10. The lowest BCUT2D eigenvalue weighted by atomic mass is 10.1. The highest BCUT2D eigenvalue weighted by Gasteiger charge is 2.18. The average molecular weight is 481 g/mol. The first kappa shape index (κ1) is 23.0. The molecule has 13 nitrogen and oxygen atoms in total. The van der Waals surface area contributed by atoms with E-state index in [1.54, 1.807) is 28.7 Å². The summed E-state index contributed by atoms with van der Waals surface area (Å²) in [5, 5.41) is 39.5. The predicted molar refractivity (Wildman–Crippen MR) is 123 cm³/mol. The maximum atomic E-state index is 11.1. The van der Waals surface area contributed by atoms with Gasteiger partial charge in [-0.1, -0.05) is 23.9 Å². The van der Waals surface area contributed by atoms with E-state index in [1.807, 2.05) is 12.3 Å². The SMILES string of the molecule is CCCn1cc(-c2cncc(-c3nnc(SCc4cc([N+](=O)[O-])cc([N+](=O)[O-])c4)n3C)c2)nn1. The van der Waals surface area contributed by atoms with Crippen LogP contribution in [0.3, 0.4) is 0 Å². The van der Waals surface area contributed by atoms with Crippen molar-refractivity contribution in [3.8, 4) is 22.6 Å². The molecule has 14 heteroatoms. The number of hydrogen-bond donors (Lipinski definition) is 0. The Bertz CT molecular complexity index is 1340. The molecular weight excluding hydrogens is 462 g/mol. The minimum atomic E-state index is -0.650. The van der Waals surface area contributed by atoms with E-state index in [1.165, 1.54) is 23.9 Å². The van der Waals surface area contributed by atoms with Gasteiger partial charge in [0, 0.05) is 55.0 Å². The van der Waals surface area contributed by atoms with Crippen LogP contribution in [-0.4, -0.2) is 44.6 Å². The third-order valence-corrected chi connectivity index (χ3v) is 5.96. The lowest BCUT2D eigenvalue weighted by Gasteiger charge is -2.05. The van der Waals surface area contributed by atoms with Crippen molar-refractivity contribution in [1.29, 1.82) is 0 Å². The molecule has 0 atom stereocenters. The number of nitrogens with zero attached hydrogens (tertiary/aromatic N) is 9. The first-order valence-corrected chi connectivity index (χ1v) is 11.1. The third-order valence-electron chi connectivity index (χ3n) is 4.87. The van der Waals surface area contributed by atoms with Gasteiger partial charge in [0.05, 0.1) is 22.1 Å². The number of aryl methyl sites for hydroxylation is 1. The normalized spacial score (nSPS) is 11.0. The molecule has 0 radical (unpaired) electrons. The van der Waals surface area contributed by atoms with Crippen LogP contribution >= 0.6 is 11.8 Å². The standard InChI is InChI=1S/C20H19N9O4S/c1-3-4-27-11-18(22-25-27)14-7-15(10-21-9-14)19-23-24-20(26(19)2)34-12-13-5-16(28(30)31)8-17(6-13)29(32)33/h5-11H,3-4,12H2,1-2H3. The van der Waals surface area contributed by atoms with Gasteiger partial charge >= 0.3 is 0 Å². The van der Waals surface area contributed by atoms with Gasteiger partial charge in [0.25, 0.3) is 11.4 Å². The van der Waals surface area contributed by atoms with Crippen LogP contribution < -0.4 is 0 Å². The van der Waals surface area contributed by atoms with Crippen LogP contribution in [-0.2, 0) is 19.3 Å². The molecular formula is C20H19N9O4S. The number of aromatic nitrogens is 7. The zero-order valence-electron chi connectivity index (χ0n) is 18.2. The van der Waals surface area contributed by atoms with Gasteiger partial charge in [-0.2, -0.15) is 0 Å². The van der Waals surface area contributed by atoms with E-state index in [9.17, 15) is 20.2 Å². The smallest absolute Gasteiger partial charge is 0.276 e. The number of pyridine rings is 1. The fraction of sp³-hybridized carbons (Fsp3) is 0.250.